The molecular weight excluding hydrogens is 276 g/mol. The van der Waals surface area contributed by atoms with Crippen LogP contribution in [0.5, 0.6) is 0 Å². The van der Waals surface area contributed by atoms with E-state index in [1.54, 1.807) is 12.3 Å². The minimum atomic E-state index is -0.454. The van der Waals surface area contributed by atoms with E-state index in [1.165, 1.54) is 7.11 Å². The van der Waals surface area contributed by atoms with Crippen molar-refractivity contribution >= 4 is 28.0 Å². The molecule has 7 heteroatoms. The maximum absolute atomic E-state index is 10.9. The molecule has 1 heterocycles. The third-order valence-corrected chi connectivity index (χ3v) is 2.18. The van der Waals surface area contributed by atoms with Gasteiger partial charge >= 0.3 is 6.09 Å². The Morgan fingerprint density at radius 2 is 2.44 bits per heavy atom. The van der Waals surface area contributed by atoms with Crippen molar-refractivity contribution in [2.75, 3.05) is 19.0 Å². The third-order valence-electron chi connectivity index (χ3n) is 1.74. The maximum atomic E-state index is 10.9. The van der Waals surface area contributed by atoms with Gasteiger partial charge in [-0.1, -0.05) is 0 Å². The highest BCUT2D eigenvalue weighted by Gasteiger charge is 2.06. The molecule has 6 nitrogen and oxygen atoms in total. The fourth-order valence-electron chi connectivity index (χ4n) is 0.977. The molecule has 1 unspecified atom stereocenters. The molecule has 88 valence electrons. The van der Waals surface area contributed by atoms with E-state index in [0.29, 0.717) is 17.1 Å². The highest BCUT2D eigenvalue weighted by molar-refractivity contribution is 9.10. The minimum absolute atomic E-state index is 0.0740. The van der Waals surface area contributed by atoms with Crippen LogP contribution in [-0.4, -0.2) is 35.8 Å². The third kappa shape index (κ3) is 4.43. The average Bonchev–Trinajstić information content (AvgIpc) is 2.26. The van der Waals surface area contributed by atoms with Gasteiger partial charge < -0.3 is 15.4 Å². The summed E-state index contributed by atoms with van der Waals surface area (Å²) in [6.45, 7) is 2.37. The molecule has 0 aliphatic carbocycles. The molecule has 0 radical (unpaired) electrons. The van der Waals surface area contributed by atoms with Crippen LogP contribution in [0.15, 0.2) is 16.9 Å². The Bertz CT molecular complexity index is 361. The van der Waals surface area contributed by atoms with Gasteiger partial charge in [0, 0.05) is 18.8 Å². The molecular formula is C9H13BrN4O2. The van der Waals surface area contributed by atoms with E-state index in [-0.39, 0.29) is 6.04 Å². The van der Waals surface area contributed by atoms with Gasteiger partial charge in [0.15, 0.2) is 0 Å². The first-order valence-corrected chi connectivity index (χ1v) is 5.48. The van der Waals surface area contributed by atoms with Gasteiger partial charge in [0.2, 0.25) is 5.95 Å². The predicted molar refractivity (Wildman–Crippen MR) is 63.2 cm³/mol. The van der Waals surface area contributed by atoms with Crippen LogP contribution in [0.25, 0.3) is 0 Å². The zero-order valence-electron chi connectivity index (χ0n) is 9.03. The number of rotatable bonds is 4. The summed E-state index contributed by atoms with van der Waals surface area (Å²) in [5.41, 5.74) is 0. The van der Waals surface area contributed by atoms with Crippen molar-refractivity contribution in [2.45, 2.75) is 13.0 Å². The molecule has 0 aromatic carbocycles. The quantitative estimate of drug-likeness (QED) is 0.819. The summed E-state index contributed by atoms with van der Waals surface area (Å²) < 4.78 is 5.18. The van der Waals surface area contributed by atoms with Gasteiger partial charge in [-0.2, -0.15) is 0 Å². The Morgan fingerprint density at radius 1 is 1.69 bits per heavy atom. The van der Waals surface area contributed by atoms with Gasteiger partial charge in [0.1, 0.15) is 4.60 Å². The number of carbonyl (C=O) groups excluding carboxylic acids is 1. The molecule has 0 fully saturated rings. The van der Waals surface area contributed by atoms with E-state index in [9.17, 15) is 4.79 Å². The lowest BCUT2D eigenvalue weighted by Crippen LogP contribution is -2.37. The number of aromatic nitrogens is 2. The normalized spacial score (nSPS) is 11.7. The van der Waals surface area contributed by atoms with E-state index in [4.69, 9.17) is 0 Å². The zero-order valence-corrected chi connectivity index (χ0v) is 10.6. The summed E-state index contributed by atoms with van der Waals surface area (Å²) in [5.74, 6) is 0.507. The smallest absolute Gasteiger partial charge is 0.407 e. The number of anilines is 1. The average molecular weight is 289 g/mol. The van der Waals surface area contributed by atoms with Crippen molar-refractivity contribution in [3.8, 4) is 0 Å². The molecule has 2 N–H and O–H groups in total. The van der Waals surface area contributed by atoms with Crippen molar-refractivity contribution in [2.24, 2.45) is 0 Å². The van der Waals surface area contributed by atoms with Gasteiger partial charge in [-0.3, -0.25) is 0 Å². The van der Waals surface area contributed by atoms with E-state index in [2.05, 4.69) is 41.3 Å². The summed E-state index contributed by atoms with van der Waals surface area (Å²) >= 11 is 3.24. The maximum Gasteiger partial charge on any atom is 0.407 e. The van der Waals surface area contributed by atoms with Gasteiger partial charge in [-0.15, -0.1) is 0 Å². The lowest BCUT2D eigenvalue weighted by molar-refractivity contribution is 0.168. The van der Waals surface area contributed by atoms with Crippen molar-refractivity contribution in [1.82, 2.24) is 15.3 Å². The number of halogens is 1. The Labute approximate surface area is 102 Å². The lowest BCUT2D eigenvalue weighted by Gasteiger charge is -2.13. The standard InChI is InChI=1S/C9H13BrN4O2/c1-6(13-9(15)16-2)5-12-8-11-4-3-7(10)14-8/h3-4,6H,5H2,1-2H3,(H,13,15)(H,11,12,14). The fraction of sp³-hybridized carbons (Fsp3) is 0.444. The van der Waals surface area contributed by atoms with Crippen LogP contribution in [0.1, 0.15) is 6.92 Å². The Hall–Kier alpha value is -1.37. The van der Waals surface area contributed by atoms with Crippen LogP contribution >= 0.6 is 15.9 Å². The summed E-state index contributed by atoms with van der Waals surface area (Å²) in [5, 5.41) is 5.62. The Kier molecular flexibility index (Phi) is 4.97. The number of amides is 1. The van der Waals surface area contributed by atoms with E-state index < -0.39 is 6.09 Å². The van der Waals surface area contributed by atoms with Gasteiger partial charge in [-0.05, 0) is 28.9 Å². The first kappa shape index (κ1) is 12.7. The molecule has 1 atom stereocenters. The summed E-state index contributed by atoms with van der Waals surface area (Å²) in [4.78, 5) is 19.0. The van der Waals surface area contributed by atoms with Crippen LogP contribution in [-0.2, 0) is 4.74 Å². The molecule has 16 heavy (non-hydrogen) atoms. The molecule has 1 amide bonds. The largest absolute Gasteiger partial charge is 0.453 e. The molecule has 0 aliphatic rings. The zero-order chi connectivity index (χ0) is 12.0. The van der Waals surface area contributed by atoms with Crippen LogP contribution < -0.4 is 10.6 Å². The lowest BCUT2D eigenvalue weighted by atomic mass is 10.3. The van der Waals surface area contributed by atoms with Crippen LogP contribution in [0.4, 0.5) is 10.7 Å². The van der Waals surface area contributed by atoms with Crippen LogP contribution in [0.2, 0.25) is 0 Å². The topological polar surface area (TPSA) is 76.1 Å². The molecule has 0 saturated carbocycles. The molecule has 0 aliphatic heterocycles. The van der Waals surface area contributed by atoms with E-state index in [0.717, 1.165) is 0 Å². The first-order valence-electron chi connectivity index (χ1n) is 4.68. The number of alkyl carbamates (subject to hydrolysis) is 1. The van der Waals surface area contributed by atoms with Gasteiger partial charge in [0.25, 0.3) is 0 Å². The molecule has 1 aromatic heterocycles. The Morgan fingerprint density at radius 3 is 3.06 bits per heavy atom. The molecule has 1 rings (SSSR count). The predicted octanol–water partition coefficient (Wildman–Crippen LogP) is 1.40. The number of ether oxygens (including phenoxy) is 1. The highest BCUT2D eigenvalue weighted by Crippen LogP contribution is 2.06. The van der Waals surface area contributed by atoms with Crippen LogP contribution in [0.3, 0.4) is 0 Å². The van der Waals surface area contributed by atoms with Gasteiger partial charge in [-0.25, -0.2) is 14.8 Å². The Balaban J connectivity index is 2.37. The molecule has 0 spiro atoms. The second kappa shape index (κ2) is 6.26. The molecule has 1 aromatic rings. The SMILES string of the molecule is COC(=O)NC(C)CNc1nccc(Br)n1. The fourth-order valence-corrected chi connectivity index (χ4v) is 1.26. The number of hydrogen-bond acceptors (Lipinski definition) is 5. The van der Waals surface area contributed by atoms with E-state index in [1.807, 2.05) is 6.92 Å². The van der Waals surface area contributed by atoms with Crippen molar-refractivity contribution < 1.29 is 9.53 Å². The van der Waals surface area contributed by atoms with Gasteiger partial charge in [0.05, 0.1) is 7.11 Å². The first-order chi connectivity index (χ1) is 7.61. The summed E-state index contributed by atoms with van der Waals surface area (Å²) in [6.07, 6.45) is 1.18. The number of nitrogens with zero attached hydrogens (tertiary/aromatic N) is 2. The second-order valence-electron chi connectivity index (χ2n) is 3.12. The monoisotopic (exact) mass is 288 g/mol. The van der Waals surface area contributed by atoms with Crippen molar-refractivity contribution in [3.05, 3.63) is 16.9 Å². The molecule has 0 saturated heterocycles. The number of hydrogen-bond donors (Lipinski definition) is 2. The summed E-state index contributed by atoms with van der Waals surface area (Å²) in [6, 6.07) is 1.66. The number of carbonyl (C=O) groups is 1. The molecule has 0 bridgehead atoms. The van der Waals surface area contributed by atoms with Crippen molar-refractivity contribution in [1.29, 1.82) is 0 Å². The minimum Gasteiger partial charge on any atom is -0.453 e. The van der Waals surface area contributed by atoms with Crippen molar-refractivity contribution in [3.63, 3.8) is 0 Å². The highest BCUT2D eigenvalue weighted by atomic mass is 79.9. The summed E-state index contributed by atoms with van der Waals surface area (Å²) in [7, 11) is 1.33. The second-order valence-corrected chi connectivity index (χ2v) is 3.93. The van der Waals surface area contributed by atoms with E-state index >= 15 is 0 Å². The number of nitrogens with one attached hydrogen (secondary N) is 2. The van der Waals surface area contributed by atoms with Crippen LogP contribution in [0, 0.1) is 0 Å². The number of methoxy groups -OCH3 is 1.